The van der Waals surface area contributed by atoms with E-state index < -0.39 is 27.6 Å². The molecule has 1 aromatic rings. The van der Waals surface area contributed by atoms with E-state index in [-0.39, 0.29) is 11.3 Å². The molecule has 0 aliphatic rings. The van der Waals surface area contributed by atoms with Crippen molar-refractivity contribution in [3.63, 3.8) is 0 Å². The number of nitro groups is 2. The van der Waals surface area contributed by atoms with Crippen LogP contribution in [0.3, 0.4) is 0 Å². The van der Waals surface area contributed by atoms with Crippen LogP contribution in [-0.2, 0) is 4.84 Å². The lowest BCUT2D eigenvalue weighted by Crippen LogP contribution is -2.19. The van der Waals surface area contributed by atoms with Crippen molar-refractivity contribution in [1.29, 1.82) is 0 Å². The van der Waals surface area contributed by atoms with Crippen molar-refractivity contribution in [2.45, 2.75) is 6.04 Å². The highest BCUT2D eigenvalue weighted by Crippen LogP contribution is 2.20. The van der Waals surface area contributed by atoms with Gasteiger partial charge in [-0.25, -0.2) is 0 Å². The van der Waals surface area contributed by atoms with Crippen LogP contribution in [0, 0.1) is 30.3 Å². The molecule has 0 aliphatic heterocycles. The third kappa shape index (κ3) is 3.37. The fourth-order valence-electron chi connectivity index (χ4n) is 1.23. The van der Waals surface area contributed by atoms with Gasteiger partial charge in [-0.2, -0.15) is 0 Å². The first-order valence-electron chi connectivity index (χ1n) is 4.57. The fourth-order valence-corrected chi connectivity index (χ4v) is 1.23. The Labute approximate surface area is 99.2 Å². The van der Waals surface area contributed by atoms with E-state index in [1.165, 1.54) is 0 Å². The summed E-state index contributed by atoms with van der Waals surface area (Å²) in [7, 11) is 0. The van der Waals surface area contributed by atoms with Crippen LogP contribution in [0.1, 0.15) is 11.6 Å². The minimum atomic E-state index is -1.45. The quantitative estimate of drug-likeness (QED) is 0.549. The molecule has 0 saturated carbocycles. The van der Waals surface area contributed by atoms with E-state index in [1.807, 2.05) is 0 Å². The standard InChI is InChI=1S/C8H7N3O7/c12-9(13)7-3-1-6(2-4-7)8(10(14)15)5-18-11(16)17/h1-4,8H,5H2. The van der Waals surface area contributed by atoms with Crippen molar-refractivity contribution in [3.05, 3.63) is 60.2 Å². The normalized spacial score (nSPS) is 11.6. The highest BCUT2D eigenvalue weighted by atomic mass is 17.0. The molecule has 18 heavy (non-hydrogen) atoms. The average molecular weight is 257 g/mol. The maximum atomic E-state index is 10.7. The molecule has 1 unspecified atom stereocenters. The van der Waals surface area contributed by atoms with Crippen LogP contribution in [0.15, 0.2) is 24.3 Å². The molecule has 0 heterocycles. The smallest absolute Gasteiger partial charge is 0.294 e. The molecule has 0 bridgehead atoms. The Bertz CT molecular complexity index is 472. The Morgan fingerprint density at radius 2 is 1.61 bits per heavy atom. The Hall–Kier alpha value is -2.78. The minimum Gasteiger partial charge on any atom is -0.306 e. The molecule has 0 aromatic heterocycles. The number of non-ortho nitro benzene ring substituents is 1. The van der Waals surface area contributed by atoms with Crippen LogP contribution in [-0.4, -0.2) is 21.5 Å². The second-order valence-corrected chi connectivity index (χ2v) is 3.17. The third-order valence-corrected chi connectivity index (χ3v) is 2.08. The maximum absolute atomic E-state index is 10.7. The Morgan fingerprint density at radius 1 is 1.06 bits per heavy atom. The van der Waals surface area contributed by atoms with Crippen LogP contribution in [0.25, 0.3) is 0 Å². The summed E-state index contributed by atoms with van der Waals surface area (Å²) in [4.78, 5) is 33.6. The Kier molecular flexibility index (Phi) is 4.07. The number of rotatable bonds is 6. The van der Waals surface area contributed by atoms with Gasteiger partial charge in [0.15, 0.2) is 6.61 Å². The molecule has 0 N–H and O–H groups in total. The predicted molar refractivity (Wildman–Crippen MR) is 55.8 cm³/mol. The first kappa shape index (κ1) is 13.3. The summed E-state index contributed by atoms with van der Waals surface area (Å²) in [5.41, 5.74) is -0.136. The maximum Gasteiger partial charge on any atom is 0.294 e. The zero-order valence-electron chi connectivity index (χ0n) is 8.79. The molecular weight excluding hydrogens is 250 g/mol. The van der Waals surface area contributed by atoms with Crippen LogP contribution in [0.4, 0.5) is 5.69 Å². The monoisotopic (exact) mass is 257 g/mol. The first-order valence-corrected chi connectivity index (χ1v) is 4.57. The second kappa shape index (κ2) is 5.52. The summed E-state index contributed by atoms with van der Waals surface area (Å²) >= 11 is 0. The van der Waals surface area contributed by atoms with Gasteiger partial charge < -0.3 is 4.84 Å². The Balaban J connectivity index is 2.89. The van der Waals surface area contributed by atoms with Crippen molar-refractivity contribution in [3.8, 4) is 0 Å². The summed E-state index contributed by atoms with van der Waals surface area (Å²) in [6, 6.07) is 3.04. The lowest BCUT2D eigenvalue weighted by atomic mass is 10.1. The summed E-state index contributed by atoms with van der Waals surface area (Å²) in [5, 5.41) is 29.9. The molecule has 0 aliphatic carbocycles. The van der Waals surface area contributed by atoms with Crippen LogP contribution < -0.4 is 0 Å². The molecular formula is C8H7N3O7. The lowest BCUT2D eigenvalue weighted by molar-refractivity contribution is -0.766. The number of benzene rings is 1. The van der Waals surface area contributed by atoms with E-state index in [4.69, 9.17) is 0 Å². The van der Waals surface area contributed by atoms with E-state index in [2.05, 4.69) is 4.84 Å². The van der Waals surface area contributed by atoms with Gasteiger partial charge in [0.05, 0.1) is 4.92 Å². The molecule has 10 nitrogen and oxygen atoms in total. The van der Waals surface area contributed by atoms with E-state index in [0.717, 1.165) is 24.3 Å². The van der Waals surface area contributed by atoms with Gasteiger partial charge in [0, 0.05) is 22.6 Å². The molecule has 0 radical (unpaired) electrons. The number of nitro benzene ring substituents is 1. The topological polar surface area (TPSA) is 139 Å². The van der Waals surface area contributed by atoms with Crippen molar-refractivity contribution >= 4 is 5.69 Å². The van der Waals surface area contributed by atoms with Gasteiger partial charge in [0.1, 0.15) is 0 Å². The van der Waals surface area contributed by atoms with Gasteiger partial charge in [-0.3, -0.25) is 20.2 Å². The van der Waals surface area contributed by atoms with Gasteiger partial charge >= 0.3 is 0 Å². The minimum absolute atomic E-state index is 0.0902. The second-order valence-electron chi connectivity index (χ2n) is 3.17. The van der Waals surface area contributed by atoms with E-state index in [9.17, 15) is 30.3 Å². The third-order valence-electron chi connectivity index (χ3n) is 2.08. The number of nitrogens with zero attached hydrogens (tertiary/aromatic N) is 3. The summed E-state index contributed by atoms with van der Waals surface area (Å²) in [5.74, 6) is 0. The fraction of sp³-hybridized carbons (Fsp3) is 0.250. The SMILES string of the molecule is O=[N+]([O-])OCC(c1ccc([N+](=O)[O-])cc1)[N+](=O)[O-]. The van der Waals surface area contributed by atoms with E-state index in [0.29, 0.717) is 0 Å². The molecule has 1 atom stereocenters. The average Bonchev–Trinajstić information content (AvgIpc) is 2.29. The van der Waals surface area contributed by atoms with Crippen molar-refractivity contribution < 1.29 is 19.8 Å². The number of hydrogen-bond acceptors (Lipinski definition) is 7. The first-order chi connectivity index (χ1) is 8.41. The van der Waals surface area contributed by atoms with Gasteiger partial charge in [-0.1, -0.05) is 0 Å². The predicted octanol–water partition coefficient (Wildman–Crippen LogP) is 1.12. The lowest BCUT2D eigenvalue weighted by Gasteiger charge is -2.07. The zero-order chi connectivity index (χ0) is 13.7. The number of hydrogen-bond donors (Lipinski definition) is 0. The van der Waals surface area contributed by atoms with E-state index in [1.54, 1.807) is 0 Å². The molecule has 0 fully saturated rings. The molecule has 96 valence electrons. The molecule has 1 rings (SSSR count). The van der Waals surface area contributed by atoms with Crippen molar-refractivity contribution in [2.24, 2.45) is 0 Å². The molecule has 0 saturated heterocycles. The summed E-state index contributed by atoms with van der Waals surface area (Å²) in [6.07, 6.45) is 0. The largest absolute Gasteiger partial charge is 0.306 e. The molecule has 1 aromatic carbocycles. The molecule has 10 heteroatoms. The summed E-state index contributed by atoms with van der Waals surface area (Å²) in [6.45, 7) is -0.752. The molecule has 0 amide bonds. The van der Waals surface area contributed by atoms with Crippen LogP contribution in [0.2, 0.25) is 0 Å². The highest BCUT2D eigenvalue weighted by molar-refractivity contribution is 5.33. The van der Waals surface area contributed by atoms with Crippen molar-refractivity contribution in [2.75, 3.05) is 6.61 Å². The van der Waals surface area contributed by atoms with Crippen molar-refractivity contribution in [1.82, 2.24) is 0 Å². The zero-order valence-corrected chi connectivity index (χ0v) is 8.79. The van der Waals surface area contributed by atoms with Gasteiger partial charge in [-0.15, -0.1) is 10.1 Å². The van der Waals surface area contributed by atoms with Crippen LogP contribution >= 0.6 is 0 Å². The highest BCUT2D eigenvalue weighted by Gasteiger charge is 2.25. The van der Waals surface area contributed by atoms with Gasteiger partial charge in [-0.05, 0) is 12.1 Å². The van der Waals surface area contributed by atoms with E-state index >= 15 is 0 Å². The van der Waals surface area contributed by atoms with Crippen LogP contribution in [0.5, 0.6) is 0 Å². The van der Waals surface area contributed by atoms with Gasteiger partial charge in [0.25, 0.3) is 16.8 Å². The summed E-state index contributed by atoms with van der Waals surface area (Å²) < 4.78 is 0. The van der Waals surface area contributed by atoms with Gasteiger partial charge in [0.2, 0.25) is 0 Å². The Morgan fingerprint density at radius 3 is 2.00 bits per heavy atom. The molecule has 0 spiro atoms.